The van der Waals surface area contributed by atoms with E-state index >= 15 is 0 Å². The molecular weight excluding hydrogens is 499 g/mol. The molecule has 1 aliphatic rings. The van der Waals surface area contributed by atoms with E-state index in [0.29, 0.717) is 30.9 Å². The molecular formula is C31H35FN2O5. The maximum Gasteiger partial charge on any atom is 0.410 e. The molecule has 3 aromatic carbocycles. The molecule has 2 amide bonds. The van der Waals surface area contributed by atoms with Crippen LogP contribution in [0.15, 0.2) is 66.7 Å². The predicted octanol–water partition coefficient (Wildman–Crippen LogP) is 5.78. The SMILES string of the molecule is COc1ccc(CCCCN(CCOc2cc(F)cc3c2N(C=O)CCC3)C(=O)OCc2ccccc2)cc1. The van der Waals surface area contributed by atoms with E-state index in [-0.39, 0.29) is 19.8 Å². The normalized spacial score (nSPS) is 12.4. The van der Waals surface area contributed by atoms with Gasteiger partial charge in [0.2, 0.25) is 6.41 Å². The van der Waals surface area contributed by atoms with Crippen LogP contribution in [0.25, 0.3) is 0 Å². The van der Waals surface area contributed by atoms with Gasteiger partial charge in [0.25, 0.3) is 0 Å². The minimum absolute atomic E-state index is 0.140. The molecule has 3 aromatic rings. The minimum Gasteiger partial charge on any atom is -0.497 e. The molecule has 0 N–H and O–H groups in total. The number of halogens is 1. The highest BCUT2D eigenvalue weighted by molar-refractivity contribution is 5.82. The smallest absolute Gasteiger partial charge is 0.410 e. The second kappa shape index (κ2) is 14.2. The number of amides is 2. The van der Waals surface area contributed by atoms with E-state index < -0.39 is 11.9 Å². The number of unbranched alkanes of at least 4 members (excludes halogenated alkanes) is 1. The summed E-state index contributed by atoms with van der Waals surface area (Å²) < 4.78 is 31.0. The van der Waals surface area contributed by atoms with E-state index in [1.165, 1.54) is 17.7 Å². The fourth-order valence-electron chi connectivity index (χ4n) is 4.71. The van der Waals surface area contributed by atoms with E-state index in [1.807, 2.05) is 54.6 Å². The molecule has 0 spiro atoms. The Morgan fingerprint density at radius 3 is 2.56 bits per heavy atom. The summed E-state index contributed by atoms with van der Waals surface area (Å²) in [5.41, 5.74) is 3.46. The largest absolute Gasteiger partial charge is 0.497 e. The highest BCUT2D eigenvalue weighted by Crippen LogP contribution is 2.36. The van der Waals surface area contributed by atoms with Crippen LogP contribution in [0.5, 0.6) is 11.5 Å². The quantitative estimate of drug-likeness (QED) is 0.205. The van der Waals surface area contributed by atoms with Gasteiger partial charge in [-0.3, -0.25) is 4.79 Å². The number of ether oxygens (including phenoxy) is 3. The van der Waals surface area contributed by atoms with Crippen molar-refractivity contribution in [3.05, 3.63) is 89.2 Å². The molecule has 0 unspecified atom stereocenters. The Labute approximate surface area is 229 Å². The molecule has 1 heterocycles. The van der Waals surface area contributed by atoms with Crippen molar-refractivity contribution in [3.8, 4) is 11.5 Å². The Morgan fingerprint density at radius 2 is 1.82 bits per heavy atom. The molecule has 0 radical (unpaired) electrons. The molecule has 4 rings (SSSR count). The van der Waals surface area contributed by atoms with Crippen LogP contribution in [0, 0.1) is 5.82 Å². The lowest BCUT2D eigenvalue weighted by Gasteiger charge is -2.28. The van der Waals surface area contributed by atoms with E-state index in [2.05, 4.69) is 0 Å². The number of carbonyl (C=O) groups excluding carboxylic acids is 2. The third-order valence-corrected chi connectivity index (χ3v) is 6.76. The van der Waals surface area contributed by atoms with Crippen molar-refractivity contribution < 1.29 is 28.2 Å². The Balaban J connectivity index is 1.36. The number of methoxy groups -OCH3 is 1. The molecule has 0 aliphatic carbocycles. The van der Waals surface area contributed by atoms with Gasteiger partial charge in [0.1, 0.15) is 30.5 Å². The lowest BCUT2D eigenvalue weighted by atomic mass is 10.0. The van der Waals surface area contributed by atoms with Crippen molar-refractivity contribution in [2.45, 2.75) is 38.7 Å². The van der Waals surface area contributed by atoms with Crippen molar-refractivity contribution in [2.75, 3.05) is 38.3 Å². The Bertz CT molecular complexity index is 1220. The molecule has 39 heavy (non-hydrogen) atoms. The summed E-state index contributed by atoms with van der Waals surface area (Å²) in [4.78, 5) is 27.8. The maximum absolute atomic E-state index is 14.3. The van der Waals surface area contributed by atoms with Crippen molar-refractivity contribution >= 4 is 18.2 Å². The van der Waals surface area contributed by atoms with Crippen molar-refractivity contribution in [1.82, 2.24) is 4.90 Å². The van der Waals surface area contributed by atoms with Crippen LogP contribution in [0.4, 0.5) is 14.9 Å². The predicted molar refractivity (Wildman–Crippen MR) is 148 cm³/mol. The third kappa shape index (κ3) is 7.96. The standard InChI is InChI=1S/C31H35FN2O5/c1-37-28-14-12-24(13-15-28)8-5-6-16-33(31(36)39-22-25-9-3-2-4-10-25)18-19-38-29-21-27(32)20-26-11-7-17-34(23-35)30(26)29/h2-4,9-10,12-15,20-21,23H,5-8,11,16-19,22H2,1H3. The zero-order valence-electron chi connectivity index (χ0n) is 22.3. The molecule has 0 aromatic heterocycles. The van der Waals surface area contributed by atoms with E-state index in [1.54, 1.807) is 16.9 Å². The second-order valence-corrected chi connectivity index (χ2v) is 9.49. The second-order valence-electron chi connectivity index (χ2n) is 9.49. The number of fused-ring (bicyclic) bond motifs is 1. The first-order valence-corrected chi connectivity index (χ1v) is 13.3. The molecule has 8 heteroatoms. The maximum atomic E-state index is 14.3. The summed E-state index contributed by atoms with van der Waals surface area (Å²) >= 11 is 0. The summed E-state index contributed by atoms with van der Waals surface area (Å²) in [5, 5.41) is 0. The van der Waals surface area contributed by atoms with Gasteiger partial charge >= 0.3 is 6.09 Å². The van der Waals surface area contributed by atoms with Crippen molar-refractivity contribution in [3.63, 3.8) is 0 Å². The lowest BCUT2D eigenvalue weighted by molar-refractivity contribution is -0.107. The molecule has 0 bridgehead atoms. The van der Waals surface area contributed by atoms with Gasteiger partial charge in [0.05, 0.1) is 19.3 Å². The van der Waals surface area contributed by atoms with Gasteiger partial charge in [-0.25, -0.2) is 9.18 Å². The average molecular weight is 535 g/mol. The van der Waals surface area contributed by atoms with E-state index in [9.17, 15) is 14.0 Å². The molecule has 0 fully saturated rings. The molecule has 1 aliphatic heterocycles. The topological polar surface area (TPSA) is 68.3 Å². The summed E-state index contributed by atoms with van der Waals surface area (Å²) in [6.07, 6.45) is 4.32. The number of nitrogens with zero attached hydrogens (tertiary/aromatic N) is 2. The van der Waals surface area contributed by atoms with Crippen LogP contribution in [-0.4, -0.2) is 50.8 Å². The van der Waals surface area contributed by atoms with Crippen LogP contribution < -0.4 is 14.4 Å². The summed E-state index contributed by atoms with van der Waals surface area (Å²) in [7, 11) is 1.64. The number of anilines is 1. The number of hydrogen-bond acceptors (Lipinski definition) is 5. The van der Waals surface area contributed by atoms with E-state index in [0.717, 1.165) is 49.0 Å². The van der Waals surface area contributed by atoms with Crippen LogP contribution in [0.1, 0.15) is 36.0 Å². The van der Waals surface area contributed by atoms with Crippen LogP contribution in [0.3, 0.4) is 0 Å². The summed E-state index contributed by atoms with van der Waals surface area (Å²) in [6, 6.07) is 20.2. The Morgan fingerprint density at radius 1 is 1.03 bits per heavy atom. The van der Waals surface area contributed by atoms with Gasteiger partial charge in [-0.05, 0) is 67.0 Å². The van der Waals surface area contributed by atoms with Crippen molar-refractivity contribution in [1.29, 1.82) is 0 Å². The zero-order chi connectivity index (χ0) is 27.5. The highest BCUT2D eigenvalue weighted by Gasteiger charge is 2.23. The first-order chi connectivity index (χ1) is 19.1. The zero-order valence-corrected chi connectivity index (χ0v) is 22.3. The van der Waals surface area contributed by atoms with Crippen LogP contribution >= 0.6 is 0 Å². The van der Waals surface area contributed by atoms with Gasteiger partial charge in [0.15, 0.2) is 0 Å². The fourth-order valence-corrected chi connectivity index (χ4v) is 4.71. The number of rotatable bonds is 13. The minimum atomic E-state index is -0.428. The number of aryl methyl sites for hydroxylation is 2. The highest BCUT2D eigenvalue weighted by atomic mass is 19.1. The Hall–Kier alpha value is -4.07. The van der Waals surface area contributed by atoms with Crippen LogP contribution in [-0.2, 0) is 29.0 Å². The number of carbonyl (C=O) groups is 2. The van der Waals surface area contributed by atoms with E-state index in [4.69, 9.17) is 14.2 Å². The third-order valence-electron chi connectivity index (χ3n) is 6.76. The van der Waals surface area contributed by atoms with Gasteiger partial charge in [0, 0.05) is 19.2 Å². The Kier molecular flexibility index (Phi) is 10.2. The number of benzene rings is 3. The first kappa shape index (κ1) is 28.0. The van der Waals surface area contributed by atoms with Crippen LogP contribution in [0.2, 0.25) is 0 Å². The van der Waals surface area contributed by atoms with Gasteiger partial charge in [-0.1, -0.05) is 42.5 Å². The summed E-state index contributed by atoms with van der Waals surface area (Å²) in [6.45, 7) is 1.64. The molecule has 7 nitrogen and oxygen atoms in total. The monoisotopic (exact) mass is 534 g/mol. The first-order valence-electron chi connectivity index (χ1n) is 13.3. The average Bonchev–Trinajstić information content (AvgIpc) is 2.97. The molecule has 0 atom stereocenters. The molecule has 0 saturated carbocycles. The molecule has 206 valence electrons. The summed E-state index contributed by atoms with van der Waals surface area (Å²) in [5.74, 6) is 0.727. The lowest BCUT2D eigenvalue weighted by Crippen LogP contribution is -2.36. The van der Waals surface area contributed by atoms with Gasteiger partial charge < -0.3 is 24.0 Å². The van der Waals surface area contributed by atoms with Crippen molar-refractivity contribution in [2.24, 2.45) is 0 Å². The fraction of sp³-hybridized carbons (Fsp3) is 0.355. The number of hydrogen-bond donors (Lipinski definition) is 0. The van der Waals surface area contributed by atoms with Gasteiger partial charge in [-0.15, -0.1) is 0 Å². The van der Waals surface area contributed by atoms with Gasteiger partial charge in [-0.2, -0.15) is 0 Å². The molecule has 0 saturated heterocycles.